The Bertz CT molecular complexity index is 1380. The van der Waals surface area contributed by atoms with Crippen LogP contribution in [0.2, 0.25) is 0 Å². The van der Waals surface area contributed by atoms with Crippen LogP contribution in [-0.4, -0.2) is 25.0 Å². The van der Waals surface area contributed by atoms with Crippen molar-refractivity contribution in [2.45, 2.75) is 46.1 Å². The van der Waals surface area contributed by atoms with Gasteiger partial charge in [-0.25, -0.2) is 4.98 Å². The average Bonchev–Trinajstić information content (AvgIpc) is 3.17. The van der Waals surface area contributed by atoms with Crippen molar-refractivity contribution in [1.82, 2.24) is 19.1 Å². The molecule has 0 bridgehead atoms. The van der Waals surface area contributed by atoms with Crippen LogP contribution in [0.3, 0.4) is 0 Å². The summed E-state index contributed by atoms with van der Waals surface area (Å²) in [5, 5.41) is 15.4. The van der Waals surface area contributed by atoms with E-state index in [2.05, 4.69) is 22.4 Å². The number of nitrogens with one attached hydrogen (secondary N) is 2. The van der Waals surface area contributed by atoms with E-state index in [-0.39, 0.29) is 27.8 Å². The molecule has 0 aliphatic carbocycles. The molecule has 0 aromatic carbocycles. The second-order valence-corrected chi connectivity index (χ2v) is 7.48. The third-order valence-electron chi connectivity index (χ3n) is 5.17. The SMILES string of the molecule is CCCCCCn1c(=N)c(C(=O)Nc2cc(C)on2)cc2c(=O)n3ccccc3nc21. The van der Waals surface area contributed by atoms with Gasteiger partial charge in [-0.1, -0.05) is 37.4 Å². The van der Waals surface area contributed by atoms with Gasteiger partial charge in [0.05, 0.1) is 10.9 Å². The first-order valence-electron chi connectivity index (χ1n) is 10.3. The van der Waals surface area contributed by atoms with E-state index in [1.165, 1.54) is 10.5 Å². The molecule has 4 heterocycles. The van der Waals surface area contributed by atoms with E-state index < -0.39 is 5.91 Å². The lowest BCUT2D eigenvalue weighted by atomic mass is 10.1. The standard InChI is InChI=1S/C22H24N6O3/c1-3-4-5-7-11-28-19(23)15(21(29)24-17-12-14(2)31-26-17)13-16-20(28)25-18-9-6-8-10-27(18)22(16)30/h6,8-10,12-13,23H,3-5,7,11H2,1-2H3,(H,24,26,29). The molecule has 0 unspecified atom stereocenters. The third-order valence-corrected chi connectivity index (χ3v) is 5.17. The summed E-state index contributed by atoms with van der Waals surface area (Å²) in [6.07, 6.45) is 5.62. The van der Waals surface area contributed by atoms with E-state index in [0.29, 0.717) is 23.6 Å². The van der Waals surface area contributed by atoms with Gasteiger partial charge in [-0.15, -0.1) is 0 Å². The second-order valence-electron chi connectivity index (χ2n) is 7.48. The van der Waals surface area contributed by atoms with Crippen LogP contribution in [0.4, 0.5) is 5.82 Å². The van der Waals surface area contributed by atoms with Crippen LogP contribution in [0.5, 0.6) is 0 Å². The van der Waals surface area contributed by atoms with Crippen molar-refractivity contribution in [2.75, 3.05) is 5.32 Å². The second kappa shape index (κ2) is 8.55. The van der Waals surface area contributed by atoms with Gasteiger partial charge in [0, 0.05) is 18.8 Å². The van der Waals surface area contributed by atoms with Crippen molar-refractivity contribution in [3.63, 3.8) is 0 Å². The molecule has 0 fully saturated rings. The Kier molecular flexibility index (Phi) is 5.66. The molecule has 9 nitrogen and oxygen atoms in total. The summed E-state index contributed by atoms with van der Waals surface area (Å²) in [6.45, 7) is 4.34. The summed E-state index contributed by atoms with van der Waals surface area (Å²) in [5.74, 6) is 0.282. The zero-order valence-electron chi connectivity index (χ0n) is 17.5. The minimum Gasteiger partial charge on any atom is -0.360 e. The Labute approximate surface area is 177 Å². The highest BCUT2D eigenvalue weighted by molar-refractivity contribution is 6.05. The number of carbonyl (C=O) groups excluding carboxylic acids is 1. The van der Waals surface area contributed by atoms with Crippen molar-refractivity contribution in [3.8, 4) is 0 Å². The molecule has 160 valence electrons. The Morgan fingerprint density at radius 1 is 1.23 bits per heavy atom. The molecule has 0 saturated carbocycles. The van der Waals surface area contributed by atoms with Gasteiger partial charge in [-0.2, -0.15) is 0 Å². The minimum atomic E-state index is -0.528. The lowest BCUT2D eigenvalue weighted by Gasteiger charge is -2.14. The van der Waals surface area contributed by atoms with Crippen LogP contribution < -0.4 is 16.4 Å². The monoisotopic (exact) mass is 420 g/mol. The summed E-state index contributed by atoms with van der Waals surface area (Å²) in [5.41, 5.74) is 0.713. The summed E-state index contributed by atoms with van der Waals surface area (Å²) in [6, 6.07) is 8.34. The number of anilines is 1. The van der Waals surface area contributed by atoms with Crippen molar-refractivity contribution in [2.24, 2.45) is 0 Å². The van der Waals surface area contributed by atoms with E-state index in [1.54, 1.807) is 35.9 Å². The van der Waals surface area contributed by atoms with E-state index >= 15 is 0 Å². The van der Waals surface area contributed by atoms with Crippen LogP contribution in [0.15, 0.2) is 45.8 Å². The molecule has 4 aromatic rings. The molecular weight excluding hydrogens is 396 g/mol. The molecule has 31 heavy (non-hydrogen) atoms. The molecule has 0 spiro atoms. The first-order chi connectivity index (χ1) is 15.0. The molecule has 2 N–H and O–H groups in total. The van der Waals surface area contributed by atoms with Gasteiger partial charge in [-0.05, 0) is 31.5 Å². The molecule has 0 radical (unpaired) electrons. The van der Waals surface area contributed by atoms with Gasteiger partial charge in [0.25, 0.3) is 11.5 Å². The number of hydrogen-bond donors (Lipinski definition) is 2. The summed E-state index contributed by atoms with van der Waals surface area (Å²) >= 11 is 0. The van der Waals surface area contributed by atoms with E-state index in [1.807, 2.05) is 6.07 Å². The number of rotatable bonds is 7. The number of aryl methyl sites for hydroxylation is 2. The molecule has 0 atom stereocenters. The van der Waals surface area contributed by atoms with Crippen molar-refractivity contribution in [1.29, 1.82) is 5.41 Å². The van der Waals surface area contributed by atoms with Gasteiger partial charge in [0.2, 0.25) is 0 Å². The van der Waals surface area contributed by atoms with Gasteiger partial charge >= 0.3 is 0 Å². The van der Waals surface area contributed by atoms with Crippen molar-refractivity contribution >= 4 is 28.4 Å². The van der Waals surface area contributed by atoms with Gasteiger partial charge in [0.15, 0.2) is 5.82 Å². The first-order valence-corrected chi connectivity index (χ1v) is 10.3. The Hall–Kier alpha value is -3.75. The van der Waals surface area contributed by atoms with E-state index in [4.69, 9.17) is 9.93 Å². The maximum Gasteiger partial charge on any atom is 0.267 e. The Morgan fingerprint density at radius 2 is 2.06 bits per heavy atom. The number of aromatic nitrogens is 4. The first kappa shape index (κ1) is 20.5. The van der Waals surface area contributed by atoms with Crippen LogP contribution >= 0.6 is 0 Å². The maximum atomic E-state index is 13.2. The molecule has 0 aliphatic rings. The Morgan fingerprint density at radius 3 is 2.81 bits per heavy atom. The fourth-order valence-corrected chi connectivity index (χ4v) is 3.58. The topological polar surface area (TPSA) is 118 Å². The molecule has 4 rings (SSSR count). The number of amides is 1. The highest BCUT2D eigenvalue weighted by Gasteiger charge is 2.18. The predicted octanol–water partition coefficient (Wildman–Crippen LogP) is 3.26. The summed E-state index contributed by atoms with van der Waals surface area (Å²) in [4.78, 5) is 30.7. The van der Waals surface area contributed by atoms with E-state index in [0.717, 1.165) is 25.7 Å². The summed E-state index contributed by atoms with van der Waals surface area (Å²) in [7, 11) is 0. The molecule has 9 heteroatoms. The molecule has 0 saturated heterocycles. The quantitative estimate of drug-likeness (QED) is 0.351. The lowest BCUT2D eigenvalue weighted by Crippen LogP contribution is -2.32. The van der Waals surface area contributed by atoms with Crippen molar-refractivity contribution in [3.05, 3.63) is 63.7 Å². The fraction of sp³-hybridized carbons (Fsp3) is 0.318. The van der Waals surface area contributed by atoms with Gasteiger partial charge in [0.1, 0.15) is 22.5 Å². The maximum absolute atomic E-state index is 13.2. The smallest absolute Gasteiger partial charge is 0.267 e. The number of pyridine rings is 2. The number of unbranched alkanes of at least 4 members (excludes halogenated alkanes) is 3. The normalized spacial score (nSPS) is 11.3. The molecule has 0 aliphatic heterocycles. The Balaban J connectivity index is 1.87. The zero-order chi connectivity index (χ0) is 22.0. The predicted molar refractivity (Wildman–Crippen MR) is 116 cm³/mol. The van der Waals surface area contributed by atoms with Crippen LogP contribution in [0.1, 0.15) is 48.7 Å². The number of fused-ring (bicyclic) bond motifs is 2. The summed E-state index contributed by atoms with van der Waals surface area (Å²) < 4.78 is 8.08. The molecule has 4 aromatic heterocycles. The average molecular weight is 420 g/mol. The van der Waals surface area contributed by atoms with Gasteiger partial charge < -0.3 is 14.4 Å². The lowest BCUT2D eigenvalue weighted by molar-refractivity contribution is 0.102. The van der Waals surface area contributed by atoms with Gasteiger partial charge in [-0.3, -0.25) is 19.4 Å². The third kappa shape index (κ3) is 3.98. The van der Waals surface area contributed by atoms with Crippen LogP contribution in [0.25, 0.3) is 16.7 Å². The largest absolute Gasteiger partial charge is 0.360 e. The highest BCUT2D eigenvalue weighted by atomic mass is 16.5. The molecular formula is C22H24N6O3. The van der Waals surface area contributed by atoms with Crippen molar-refractivity contribution < 1.29 is 9.32 Å². The van der Waals surface area contributed by atoms with Crippen LogP contribution in [0, 0.1) is 12.3 Å². The molecule has 1 amide bonds. The number of carbonyl (C=O) groups is 1. The minimum absolute atomic E-state index is 0.00824. The highest BCUT2D eigenvalue weighted by Crippen LogP contribution is 2.14. The number of hydrogen-bond acceptors (Lipinski definition) is 6. The fourth-order valence-electron chi connectivity index (χ4n) is 3.58. The van der Waals surface area contributed by atoms with Crippen LogP contribution in [-0.2, 0) is 6.54 Å². The van der Waals surface area contributed by atoms with E-state index in [9.17, 15) is 9.59 Å². The zero-order valence-corrected chi connectivity index (χ0v) is 17.5. The number of nitrogens with zero attached hydrogens (tertiary/aromatic N) is 4.